The third-order valence-corrected chi connectivity index (χ3v) is 6.05. The Morgan fingerprint density at radius 3 is 2.42 bits per heavy atom. The first-order valence-electron chi connectivity index (χ1n) is 9.39. The number of nitrogens with one attached hydrogen (secondary N) is 2. The lowest BCUT2D eigenvalue weighted by Gasteiger charge is -2.44. The van der Waals surface area contributed by atoms with Crippen molar-refractivity contribution in [2.45, 2.75) is 57.9 Å². The highest BCUT2D eigenvalue weighted by atomic mass is 19.1. The molecule has 1 aliphatic heterocycles. The highest BCUT2D eigenvalue weighted by Crippen LogP contribution is 2.45. The summed E-state index contributed by atoms with van der Waals surface area (Å²) >= 11 is 0. The Hall–Kier alpha value is -1.42. The fourth-order valence-corrected chi connectivity index (χ4v) is 4.52. The highest BCUT2D eigenvalue weighted by molar-refractivity contribution is 5.83. The normalized spacial score (nSPS) is 22.8. The Kier molecular flexibility index (Phi) is 5.54. The highest BCUT2D eigenvalue weighted by Gasteiger charge is 2.46. The molecule has 1 saturated carbocycles. The first-order chi connectivity index (χ1) is 11.6. The molecule has 0 aromatic heterocycles. The van der Waals surface area contributed by atoms with Gasteiger partial charge in [-0.05, 0) is 69.3 Å². The summed E-state index contributed by atoms with van der Waals surface area (Å²) in [7, 11) is 0. The van der Waals surface area contributed by atoms with Crippen LogP contribution in [0.5, 0.6) is 0 Å². The lowest BCUT2D eigenvalue weighted by Crippen LogP contribution is -2.52. The van der Waals surface area contributed by atoms with Gasteiger partial charge in [-0.15, -0.1) is 0 Å². The molecule has 1 atom stereocenters. The second-order valence-electron chi connectivity index (χ2n) is 7.49. The predicted molar refractivity (Wildman–Crippen MR) is 94.1 cm³/mol. The molecule has 0 bridgehead atoms. The van der Waals surface area contributed by atoms with Crippen molar-refractivity contribution in [1.29, 1.82) is 0 Å². The van der Waals surface area contributed by atoms with Gasteiger partial charge < -0.3 is 10.6 Å². The van der Waals surface area contributed by atoms with E-state index in [1.165, 1.54) is 44.2 Å². The Morgan fingerprint density at radius 2 is 1.79 bits per heavy atom. The SMILES string of the molecule is C[C@H](NC(=O)C1(C2CCCCC2)CCNCC1)c1ccc(F)cc1. The zero-order valence-corrected chi connectivity index (χ0v) is 14.6. The van der Waals surface area contributed by atoms with Gasteiger partial charge in [0.25, 0.3) is 0 Å². The number of carbonyl (C=O) groups is 1. The number of rotatable bonds is 4. The smallest absolute Gasteiger partial charge is 0.227 e. The van der Waals surface area contributed by atoms with E-state index >= 15 is 0 Å². The summed E-state index contributed by atoms with van der Waals surface area (Å²) in [6.07, 6.45) is 8.02. The van der Waals surface area contributed by atoms with Crippen molar-refractivity contribution < 1.29 is 9.18 Å². The van der Waals surface area contributed by atoms with Gasteiger partial charge in [-0.2, -0.15) is 0 Å². The van der Waals surface area contributed by atoms with Gasteiger partial charge in [-0.1, -0.05) is 31.4 Å². The van der Waals surface area contributed by atoms with Crippen LogP contribution in [0, 0.1) is 17.2 Å². The molecule has 1 saturated heterocycles. The average molecular weight is 332 g/mol. The summed E-state index contributed by atoms with van der Waals surface area (Å²) in [4.78, 5) is 13.3. The van der Waals surface area contributed by atoms with Crippen LogP contribution in [0.1, 0.15) is 63.5 Å². The van der Waals surface area contributed by atoms with Crippen molar-refractivity contribution in [3.63, 3.8) is 0 Å². The van der Waals surface area contributed by atoms with Crippen molar-refractivity contribution in [1.82, 2.24) is 10.6 Å². The summed E-state index contributed by atoms with van der Waals surface area (Å²) in [5.41, 5.74) is 0.734. The topological polar surface area (TPSA) is 41.1 Å². The van der Waals surface area contributed by atoms with E-state index in [1.807, 2.05) is 6.92 Å². The second kappa shape index (κ2) is 7.64. The van der Waals surface area contributed by atoms with Crippen LogP contribution in [0.2, 0.25) is 0 Å². The molecule has 0 unspecified atom stereocenters. The minimum absolute atomic E-state index is 0.0894. The van der Waals surface area contributed by atoms with E-state index in [0.717, 1.165) is 31.5 Å². The molecule has 2 aliphatic rings. The number of halogens is 1. The largest absolute Gasteiger partial charge is 0.349 e. The minimum Gasteiger partial charge on any atom is -0.349 e. The van der Waals surface area contributed by atoms with E-state index < -0.39 is 0 Å². The Morgan fingerprint density at radius 1 is 1.17 bits per heavy atom. The van der Waals surface area contributed by atoms with Gasteiger partial charge >= 0.3 is 0 Å². The first kappa shape index (κ1) is 17.4. The number of hydrogen-bond donors (Lipinski definition) is 2. The quantitative estimate of drug-likeness (QED) is 0.876. The van der Waals surface area contributed by atoms with Crippen LogP contribution in [0.15, 0.2) is 24.3 Å². The fourth-order valence-electron chi connectivity index (χ4n) is 4.52. The lowest BCUT2D eigenvalue weighted by atomic mass is 9.63. The maximum Gasteiger partial charge on any atom is 0.227 e. The molecular formula is C20H29FN2O. The van der Waals surface area contributed by atoms with Crippen LogP contribution >= 0.6 is 0 Å². The molecule has 0 radical (unpaired) electrons. The van der Waals surface area contributed by atoms with Gasteiger partial charge in [0.05, 0.1) is 11.5 Å². The van der Waals surface area contributed by atoms with Crippen LogP contribution in [0.3, 0.4) is 0 Å². The third-order valence-electron chi connectivity index (χ3n) is 6.05. The van der Waals surface area contributed by atoms with E-state index in [4.69, 9.17) is 0 Å². The molecule has 2 N–H and O–H groups in total. The standard InChI is InChI=1S/C20H29FN2O/c1-15(16-7-9-18(21)10-8-16)23-19(24)20(11-13-22-14-12-20)17-5-3-2-4-6-17/h7-10,15,17,22H,2-6,11-14H2,1H3,(H,23,24)/t15-/m0/s1. The van der Waals surface area contributed by atoms with Crippen LogP contribution < -0.4 is 10.6 Å². The van der Waals surface area contributed by atoms with Gasteiger partial charge in [-0.25, -0.2) is 4.39 Å². The van der Waals surface area contributed by atoms with Crippen molar-refractivity contribution in [3.05, 3.63) is 35.6 Å². The molecular weight excluding hydrogens is 303 g/mol. The fraction of sp³-hybridized carbons (Fsp3) is 0.650. The first-order valence-corrected chi connectivity index (χ1v) is 9.39. The van der Waals surface area contributed by atoms with Crippen molar-refractivity contribution in [3.8, 4) is 0 Å². The summed E-state index contributed by atoms with van der Waals surface area (Å²) in [5, 5.41) is 6.64. The monoisotopic (exact) mass is 332 g/mol. The molecule has 0 spiro atoms. The second-order valence-corrected chi connectivity index (χ2v) is 7.49. The van der Waals surface area contributed by atoms with Gasteiger partial charge in [0.15, 0.2) is 0 Å². The molecule has 1 aromatic rings. The van der Waals surface area contributed by atoms with Crippen LogP contribution in [-0.2, 0) is 4.79 Å². The molecule has 3 rings (SSSR count). The van der Waals surface area contributed by atoms with E-state index in [2.05, 4.69) is 10.6 Å². The van der Waals surface area contributed by atoms with Crippen molar-refractivity contribution >= 4 is 5.91 Å². The summed E-state index contributed by atoms with van der Waals surface area (Å²) in [6.45, 7) is 3.84. The number of piperidine rings is 1. The van der Waals surface area contributed by atoms with Gasteiger partial charge in [0.1, 0.15) is 5.82 Å². The molecule has 2 fully saturated rings. The Bertz CT molecular complexity index is 545. The van der Waals surface area contributed by atoms with Crippen LogP contribution in [0.25, 0.3) is 0 Å². The van der Waals surface area contributed by atoms with E-state index in [0.29, 0.717) is 5.92 Å². The van der Waals surface area contributed by atoms with E-state index in [1.54, 1.807) is 12.1 Å². The number of hydrogen-bond acceptors (Lipinski definition) is 2. The molecule has 1 aliphatic carbocycles. The lowest BCUT2D eigenvalue weighted by molar-refractivity contribution is -0.138. The van der Waals surface area contributed by atoms with Gasteiger partial charge in [-0.3, -0.25) is 4.79 Å². The van der Waals surface area contributed by atoms with E-state index in [9.17, 15) is 9.18 Å². The molecule has 4 heteroatoms. The molecule has 1 amide bonds. The number of benzene rings is 1. The van der Waals surface area contributed by atoms with E-state index in [-0.39, 0.29) is 23.2 Å². The predicted octanol–water partition coefficient (Wildman–Crippen LogP) is 3.95. The minimum atomic E-state index is -0.241. The van der Waals surface area contributed by atoms with Crippen molar-refractivity contribution in [2.75, 3.05) is 13.1 Å². The van der Waals surface area contributed by atoms with Crippen molar-refractivity contribution in [2.24, 2.45) is 11.3 Å². The molecule has 1 aromatic carbocycles. The van der Waals surface area contributed by atoms with Gasteiger partial charge in [0.2, 0.25) is 5.91 Å². The summed E-state index contributed by atoms with van der Waals surface area (Å²) in [6, 6.07) is 6.35. The van der Waals surface area contributed by atoms with Crippen LogP contribution in [-0.4, -0.2) is 19.0 Å². The zero-order valence-electron chi connectivity index (χ0n) is 14.6. The maximum atomic E-state index is 13.3. The number of carbonyl (C=O) groups excluding carboxylic acids is 1. The Labute approximate surface area is 144 Å². The summed E-state index contributed by atoms with van der Waals surface area (Å²) < 4.78 is 13.1. The average Bonchev–Trinajstić information content (AvgIpc) is 2.63. The molecule has 1 heterocycles. The molecule has 24 heavy (non-hydrogen) atoms. The molecule has 132 valence electrons. The third kappa shape index (κ3) is 3.64. The number of amides is 1. The Balaban J connectivity index is 1.74. The van der Waals surface area contributed by atoms with Gasteiger partial charge in [0, 0.05) is 0 Å². The van der Waals surface area contributed by atoms with Crippen LogP contribution in [0.4, 0.5) is 4.39 Å². The zero-order chi connectivity index (χ0) is 17.0. The molecule has 3 nitrogen and oxygen atoms in total. The maximum absolute atomic E-state index is 13.3. The summed E-state index contributed by atoms with van der Waals surface area (Å²) in [5.74, 6) is 0.468.